The number of nitrogens with zero attached hydrogens (tertiary/aromatic N) is 2. The molecule has 26 heavy (non-hydrogen) atoms. The molecule has 0 saturated carbocycles. The van der Waals surface area contributed by atoms with E-state index in [1.165, 1.54) is 0 Å². The SMILES string of the molecule is CN1CCC(NC(=O)c2cc3oc(Br)cc3n2Cc2ccccc2)CC1. The molecular formula is C20H22BrN3O2. The number of hydrogen-bond donors (Lipinski definition) is 1. The van der Waals surface area contributed by atoms with Crippen LogP contribution in [-0.4, -0.2) is 41.6 Å². The van der Waals surface area contributed by atoms with Crippen LogP contribution in [0.25, 0.3) is 11.1 Å². The molecule has 1 aromatic carbocycles. The molecule has 0 spiro atoms. The summed E-state index contributed by atoms with van der Waals surface area (Å²) in [4.78, 5) is 15.3. The molecule has 1 saturated heterocycles. The van der Waals surface area contributed by atoms with Crippen molar-refractivity contribution in [2.24, 2.45) is 0 Å². The van der Waals surface area contributed by atoms with Crippen molar-refractivity contribution in [3.05, 3.63) is 58.4 Å². The second kappa shape index (κ2) is 7.29. The molecule has 2 aromatic heterocycles. The number of fused-ring (bicyclic) bond motifs is 1. The van der Waals surface area contributed by atoms with Gasteiger partial charge in [0.15, 0.2) is 10.3 Å². The van der Waals surface area contributed by atoms with Crippen molar-refractivity contribution in [1.82, 2.24) is 14.8 Å². The largest absolute Gasteiger partial charge is 0.448 e. The van der Waals surface area contributed by atoms with E-state index in [-0.39, 0.29) is 11.9 Å². The number of piperidine rings is 1. The third-order valence-electron chi connectivity index (χ3n) is 5.03. The van der Waals surface area contributed by atoms with Gasteiger partial charge in [-0.15, -0.1) is 0 Å². The molecule has 4 rings (SSSR count). The summed E-state index contributed by atoms with van der Waals surface area (Å²) in [5.74, 6) is -0.0296. The molecule has 3 heterocycles. The lowest BCUT2D eigenvalue weighted by atomic mass is 10.1. The van der Waals surface area contributed by atoms with Gasteiger partial charge >= 0.3 is 0 Å². The van der Waals surface area contributed by atoms with Crippen molar-refractivity contribution in [2.45, 2.75) is 25.4 Å². The van der Waals surface area contributed by atoms with Crippen LogP contribution in [0.5, 0.6) is 0 Å². The summed E-state index contributed by atoms with van der Waals surface area (Å²) >= 11 is 3.39. The van der Waals surface area contributed by atoms with Crippen LogP contribution in [0.15, 0.2) is 51.6 Å². The van der Waals surface area contributed by atoms with Crippen LogP contribution < -0.4 is 5.32 Å². The lowest BCUT2D eigenvalue weighted by Crippen LogP contribution is -2.43. The molecule has 6 heteroatoms. The maximum absolute atomic E-state index is 13.0. The summed E-state index contributed by atoms with van der Waals surface area (Å²) in [6, 6.07) is 14.2. The standard InChI is InChI=1S/C20H22BrN3O2/c1-23-9-7-15(8-10-23)22-20(25)17-11-18-16(12-19(21)26-18)24(17)13-14-5-3-2-4-6-14/h2-6,11-12,15H,7-10,13H2,1H3,(H,22,25). The first kappa shape index (κ1) is 17.4. The van der Waals surface area contributed by atoms with E-state index in [9.17, 15) is 4.79 Å². The Labute approximate surface area is 161 Å². The van der Waals surface area contributed by atoms with Crippen LogP contribution in [-0.2, 0) is 6.54 Å². The monoisotopic (exact) mass is 415 g/mol. The van der Waals surface area contributed by atoms with Gasteiger partial charge in [-0.3, -0.25) is 4.79 Å². The van der Waals surface area contributed by atoms with Crippen molar-refractivity contribution in [2.75, 3.05) is 20.1 Å². The fraction of sp³-hybridized carbons (Fsp3) is 0.350. The second-order valence-corrected chi connectivity index (χ2v) is 7.73. The lowest BCUT2D eigenvalue weighted by molar-refractivity contribution is 0.0908. The third kappa shape index (κ3) is 3.57. The Morgan fingerprint density at radius 3 is 2.69 bits per heavy atom. The number of carbonyl (C=O) groups is 1. The molecule has 1 aliphatic rings. The van der Waals surface area contributed by atoms with Gasteiger partial charge in [0.25, 0.3) is 5.91 Å². The van der Waals surface area contributed by atoms with E-state index in [1.807, 2.05) is 34.9 Å². The first-order chi connectivity index (χ1) is 12.6. The predicted molar refractivity (Wildman–Crippen MR) is 105 cm³/mol. The highest BCUT2D eigenvalue weighted by Gasteiger charge is 2.23. The Morgan fingerprint density at radius 1 is 1.23 bits per heavy atom. The Hall–Kier alpha value is -2.05. The number of furan rings is 1. The van der Waals surface area contributed by atoms with Crippen LogP contribution in [0.4, 0.5) is 0 Å². The van der Waals surface area contributed by atoms with Crippen LogP contribution in [0.2, 0.25) is 0 Å². The zero-order chi connectivity index (χ0) is 18.1. The van der Waals surface area contributed by atoms with Gasteiger partial charge in [0.2, 0.25) is 0 Å². The molecule has 0 bridgehead atoms. The minimum absolute atomic E-state index is 0.0296. The molecule has 136 valence electrons. The smallest absolute Gasteiger partial charge is 0.268 e. The van der Waals surface area contributed by atoms with E-state index in [4.69, 9.17) is 4.42 Å². The highest BCUT2D eigenvalue weighted by Crippen LogP contribution is 2.28. The molecule has 0 aliphatic carbocycles. The Balaban J connectivity index is 1.62. The summed E-state index contributed by atoms with van der Waals surface area (Å²) in [6.45, 7) is 2.67. The van der Waals surface area contributed by atoms with Crippen LogP contribution in [0.3, 0.4) is 0 Å². The lowest BCUT2D eigenvalue weighted by Gasteiger charge is -2.29. The quantitative estimate of drug-likeness (QED) is 0.703. The molecule has 5 nitrogen and oxygen atoms in total. The van der Waals surface area contributed by atoms with E-state index in [1.54, 1.807) is 0 Å². The zero-order valence-electron chi connectivity index (χ0n) is 14.7. The average molecular weight is 416 g/mol. The maximum Gasteiger partial charge on any atom is 0.268 e. The Kier molecular flexibility index (Phi) is 4.87. The normalized spacial score (nSPS) is 16.2. The number of aromatic nitrogens is 1. The van der Waals surface area contributed by atoms with E-state index in [0.717, 1.165) is 42.6 Å². The van der Waals surface area contributed by atoms with E-state index in [0.29, 0.717) is 16.9 Å². The fourth-order valence-corrected chi connectivity index (χ4v) is 3.94. The van der Waals surface area contributed by atoms with Crippen molar-refractivity contribution >= 4 is 32.9 Å². The minimum atomic E-state index is -0.0296. The minimum Gasteiger partial charge on any atom is -0.448 e. The molecular weight excluding hydrogens is 394 g/mol. The number of benzene rings is 1. The number of nitrogens with one attached hydrogen (secondary N) is 1. The highest BCUT2D eigenvalue weighted by atomic mass is 79.9. The van der Waals surface area contributed by atoms with Crippen molar-refractivity contribution in [3.63, 3.8) is 0 Å². The summed E-state index contributed by atoms with van der Waals surface area (Å²) in [5, 5.41) is 3.21. The molecule has 1 N–H and O–H groups in total. The summed E-state index contributed by atoms with van der Waals surface area (Å²) < 4.78 is 8.39. The number of rotatable bonds is 4. The Bertz CT molecular complexity index is 908. The van der Waals surface area contributed by atoms with Gasteiger partial charge < -0.3 is 19.2 Å². The van der Waals surface area contributed by atoms with Gasteiger partial charge in [-0.2, -0.15) is 0 Å². The molecule has 0 unspecified atom stereocenters. The van der Waals surface area contributed by atoms with Gasteiger partial charge in [-0.1, -0.05) is 30.3 Å². The first-order valence-corrected chi connectivity index (χ1v) is 9.71. The summed E-state index contributed by atoms with van der Waals surface area (Å²) in [6.07, 6.45) is 1.98. The number of carbonyl (C=O) groups excluding carboxylic acids is 1. The average Bonchev–Trinajstić information content (AvgIpc) is 3.15. The number of amides is 1. The predicted octanol–water partition coefficient (Wildman–Crippen LogP) is 3.87. The van der Waals surface area contributed by atoms with Crippen LogP contribution >= 0.6 is 15.9 Å². The van der Waals surface area contributed by atoms with Gasteiger partial charge in [-0.25, -0.2) is 0 Å². The number of hydrogen-bond acceptors (Lipinski definition) is 3. The molecule has 0 atom stereocenters. The van der Waals surface area contributed by atoms with Gasteiger partial charge in [0, 0.05) is 24.7 Å². The number of halogens is 1. The first-order valence-electron chi connectivity index (χ1n) is 8.92. The summed E-state index contributed by atoms with van der Waals surface area (Å²) in [7, 11) is 2.12. The molecule has 1 amide bonds. The maximum atomic E-state index is 13.0. The van der Waals surface area contributed by atoms with E-state index in [2.05, 4.69) is 45.3 Å². The highest BCUT2D eigenvalue weighted by molar-refractivity contribution is 9.10. The van der Waals surface area contributed by atoms with E-state index < -0.39 is 0 Å². The van der Waals surface area contributed by atoms with E-state index >= 15 is 0 Å². The van der Waals surface area contributed by atoms with Crippen molar-refractivity contribution in [3.8, 4) is 0 Å². The third-order valence-corrected chi connectivity index (χ3v) is 5.42. The second-order valence-electron chi connectivity index (χ2n) is 6.95. The van der Waals surface area contributed by atoms with Crippen LogP contribution in [0.1, 0.15) is 28.9 Å². The van der Waals surface area contributed by atoms with Crippen molar-refractivity contribution < 1.29 is 9.21 Å². The van der Waals surface area contributed by atoms with Gasteiger partial charge in [-0.05, 0) is 54.5 Å². The van der Waals surface area contributed by atoms with Gasteiger partial charge in [0.1, 0.15) is 5.69 Å². The fourth-order valence-electron chi connectivity index (χ4n) is 3.55. The van der Waals surface area contributed by atoms with Gasteiger partial charge in [0.05, 0.1) is 5.52 Å². The molecule has 1 fully saturated rings. The topological polar surface area (TPSA) is 50.4 Å². The number of likely N-dealkylation sites (tertiary alicyclic amines) is 1. The van der Waals surface area contributed by atoms with Crippen LogP contribution in [0, 0.1) is 0 Å². The molecule has 1 aliphatic heterocycles. The Morgan fingerprint density at radius 2 is 1.96 bits per heavy atom. The molecule has 3 aromatic rings. The molecule has 0 radical (unpaired) electrons. The zero-order valence-corrected chi connectivity index (χ0v) is 16.3. The van der Waals surface area contributed by atoms with Crippen molar-refractivity contribution in [1.29, 1.82) is 0 Å². The summed E-state index contributed by atoms with van der Waals surface area (Å²) in [5.41, 5.74) is 3.44.